The van der Waals surface area contributed by atoms with Gasteiger partial charge < -0.3 is 10.2 Å². The molecule has 1 atom stereocenters. The van der Waals surface area contributed by atoms with Gasteiger partial charge in [-0.3, -0.25) is 14.9 Å². The number of H-pyrrole nitrogens is 1. The van der Waals surface area contributed by atoms with E-state index in [1.807, 2.05) is 30.3 Å². The molecule has 132 valence electrons. The summed E-state index contributed by atoms with van der Waals surface area (Å²) in [5, 5.41) is 11.3. The molecule has 2 N–H and O–H groups in total. The summed E-state index contributed by atoms with van der Waals surface area (Å²) >= 11 is 5.94. The second-order valence-corrected chi connectivity index (χ2v) is 6.72. The van der Waals surface area contributed by atoms with E-state index in [1.165, 1.54) is 0 Å². The Balaban J connectivity index is 1.40. The molecule has 0 spiro atoms. The van der Waals surface area contributed by atoms with E-state index in [0.29, 0.717) is 10.6 Å². The molecule has 1 amide bonds. The lowest BCUT2D eigenvalue weighted by Crippen LogP contribution is -2.37. The molecule has 1 saturated heterocycles. The molecule has 1 aliphatic heterocycles. The van der Waals surface area contributed by atoms with Gasteiger partial charge in [0.05, 0.1) is 5.69 Å². The van der Waals surface area contributed by atoms with Crippen LogP contribution in [0.15, 0.2) is 54.9 Å². The van der Waals surface area contributed by atoms with Crippen LogP contribution in [-0.4, -0.2) is 40.2 Å². The summed E-state index contributed by atoms with van der Waals surface area (Å²) in [7, 11) is 0. The van der Waals surface area contributed by atoms with E-state index in [-0.39, 0.29) is 11.9 Å². The zero-order valence-corrected chi connectivity index (χ0v) is 14.8. The quantitative estimate of drug-likeness (QED) is 0.743. The molecule has 0 radical (unpaired) electrons. The van der Waals surface area contributed by atoms with Crippen molar-refractivity contribution in [2.45, 2.75) is 12.5 Å². The van der Waals surface area contributed by atoms with E-state index in [9.17, 15) is 4.79 Å². The molecule has 3 aromatic rings. The number of aromatic nitrogens is 3. The molecule has 1 fully saturated rings. The number of carbonyl (C=O) groups excluding carboxylic acids is 1. The molecule has 0 unspecified atom stereocenters. The van der Waals surface area contributed by atoms with E-state index >= 15 is 0 Å². The van der Waals surface area contributed by atoms with Crippen LogP contribution < -0.4 is 10.2 Å². The normalized spacial score (nSPS) is 16.7. The van der Waals surface area contributed by atoms with Gasteiger partial charge in [0.1, 0.15) is 0 Å². The molecule has 0 bridgehead atoms. The van der Waals surface area contributed by atoms with Gasteiger partial charge in [-0.25, -0.2) is 0 Å². The van der Waals surface area contributed by atoms with Crippen LogP contribution in [0, 0.1) is 0 Å². The Bertz CT molecular complexity index is 894. The number of amides is 1. The SMILES string of the molecule is O=C(N[C@@H]1CCN(c2cc(-c3ccc(Cl)cc3)[nH]n2)C1)c1ccncc1. The van der Waals surface area contributed by atoms with Crippen molar-refractivity contribution in [3.63, 3.8) is 0 Å². The van der Waals surface area contributed by atoms with E-state index in [0.717, 1.165) is 36.6 Å². The van der Waals surface area contributed by atoms with Crippen LogP contribution in [0.3, 0.4) is 0 Å². The summed E-state index contributed by atoms with van der Waals surface area (Å²) in [5.74, 6) is 0.818. The summed E-state index contributed by atoms with van der Waals surface area (Å²) in [4.78, 5) is 18.4. The maximum atomic E-state index is 12.3. The molecule has 0 saturated carbocycles. The van der Waals surface area contributed by atoms with E-state index in [2.05, 4.69) is 25.4 Å². The first kappa shape index (κ1) is 16.6. The van der Waals surface area contributed by atoms with Gasteiger partial charge in [0, 0.05) is 48.2 Å². The monoisotopic (exact) mass is 367 g/mol. The molecular formula is C19H18ClN5O. The third kappa shape index (κ3) is 3.55. The van der Waals surface area contributed by atoms with Crippen LogP contribution in [0.2, 0.25) is 5.02 Å². The molecule has 3 heterocycles. The van der Waals surface area contributed by atoms with Crippen molar-refractivity contribution in [1.29, 1.82) is 0 Å². The minimum atomic E-state index is -0.0665. The lowest BCUT2D eigenvalue weighted by Gasteiger charge is -2.16. The van der Waals surface area contributed by atoms with Crippen molar-refractivity contribution in [1.82, 2.24) is 20.5 Å². The lowest BCUT2D eigenvalue weighted by molar-refractivity contribution is 0.0940. The number of carbonyl (C=O) groups is 1. The fraction of sp³-hybridized carbons (Fsp3) is 0.211. The van der Waals surface area contributed by atoms with Crippen molar-refractivity contribution < 1.29 is 4.79 Å². The number of anilines is 1. The number of halogens is 1. The molecule has 26 heavy (non-hydrogen) atoms. The summed E-state index contributed by atoms with van der Waals surface area (Å²) in [6.45, 7) is 1.59. The highest BCUT2D eigenvalue weighted by Crippen LogP contribution is 2.25. The van der Waals surface area contributed by atoms with Crippen LogP contribution >= 0.6 is 11.6 Å². The zero-order chi connectivity index (χ0) is 17.9. The van der Waals surface area contributed by atoms with Crippen molar-refractivity contribution in [2.24, 2.45) is 0 Å². The Hall–Kier alpha value is -2.86. The summed E-state index contributed by atoms with van der Waals surface area (Å²) in [6, 6.07) is 13.2. The van der Waals surface area contributed by atoms with Crippen LogP contribution in [-0.2, 0) is 0 Å². The number of nitrogens with zero attached hydrogens (tertiary/aromatic N) is 3. The fourth-order valence-electron chi connectivity index (χ4n) is 3.11. The maximum absolute atomic E-state index is 12.3. The van der Waals surface area contributed by atoms with Crippen molar-refractivity contribution in [3.8, 4) is 11.3 Å². The first-order chi connectivity index (χ1) is 12.7. The van der Waals surface area contributed by atoms with Crippen LogP contribution in [0.25, 0.3) is 11.3 Å². The molecule has 4 rings (SSSR count). The second-order valence-electron chi connectivity index (χ2n) is 6.29. The van der Waals surface area contributed by atoms with Crippen LogP contribution in [0.1, 0.15) is 16.8 Å². The third-order valence-electron chi connectivity index (χ3n) is 4.51. The predicted molar refractivity (Wildman–Crippen MR) is 101 cm³/mol. The van der Waals surface area contributed by atoms with Crippen LogP contribution in [0.4, 0.5) is 5.82 Å². The molecule has 1 aliphatic rings. The van der Waals surface area contributed by atoms with E-state index in [1.54, 1.807) is 24.5 Å². The number of nitrogens with one attached hydrogen (secondary N) is 2. The largest absolute Gasteiger partial charge is 0.353 e. The van der Waals surface area contributed by atoms with Crippen molar-refractivity contribution in [3.05, 3.63) is 65.4 Å². The highest BCUT2D eigenvalue weighted by atomic mass is 35.5. The van der Waals surface area contributed by atoms with Gasteiger partial charge in [0.2, 0.25) is 0 Å². The highest BCUT2D eigenvalue weighted by Gasteiger charge is 2.26. The molecular weight excluding hydrogens is 350 g/mol. The first-order valence-electron chi connectivity index (χ1n) is 8.46. The Kier molecular flexibility index (Phi) is 4.58. The highest BCUT2D eigenvalue weighted by molar-refractivity contribution is 6.30. The first-order valence-corrected chi connectivity index (χ1v) is 8.84. The summed E-state index contributed by atoms with van der Waals surface area (Å²) in [6.07, 6.45) is 4.13. The molecule has 7 heteroatoms. The van der Waals surface area contributed by atoms with E-state index in [4.69, 9.17) is 11.6 Å². The van der Waals surface area contributed by atoms with Gasteiger partial charge in [-0.05, 0) is 36.2 Å². The van der Waals surface area contributed by atoms with Crippen LogP contribution in [0.5, 0.6) is 0 Å². The average Bonchev–Trinajstić information content (AvgIpc) is 3.32. The molecule has 6 nitrogen and oxygen atoms in total. The molecule has 2 aromatic heterocycles. The average molecular weight is 368 g/mol. The van der Waals surface area contributed by atoms with Gasteiger partial charge in [0.25, 0.3) is 5.91 Å². The van der Waals surface area contributed by atoms with Gasteiger partial charge in [-0.1, -0.05) is 23.7 Å². The van der Waals surface area contributed by atoms with Crippen molar-refractivity contribution in [2.75, 3.05) is 18.0 Å². The predicted octanol–water partition coefficient (Wildman–Crippen LogP) is 3.13. The van der Waals surface area contributed by atoms with Gasteiger partial charge >= 0.3 is 0 Å². The van der Waals surface area contributed by atoms with E-state index < -0.39 is 0 Å². The Labute approximate surface area is 156 Å². The number of benzene rings is 1. The number of pyridine rings is 1. The Morgan fingerprint density at radius 2 is 1.96 bits per heavy atom. The zero-order valence-electron chi connectivity index (χ0n) is 14.0. The van der Waals surface area contributed by atoms with Gasteiger partial charge in [-0.2, -0.15) is 5.10 Å². The number of hydrogen-bond donors (Lipinski definition) is 2. The summed E-state index contributed by atoms with van der Waals surface area (Å²) in [5.41, 5.74) is 2.61. The van der Waals surface area contributed by atoms with Gasteiger partial charge in [0.15, 0.2) is 5.82 Å². The number of aromatic amines is 1. The smallest absolute Gasteiger partial charge is 0.251 e. The van der Waals surface area contributed by atoms with Gasteiger partial charge in [-0.15, -0.1) is 0 Å². The standard InChI is InChI=1S/C19H18ClN5O/c20-15-3-1-13(2-4-15)17-11-18(24-23-17)25-10-7-16(12-25)22-19(26)14-5-8-21-9-6-14/h1-6,8-9,11,16H,7,10,12H2,(H,22,26)(H,23,24)/t16-/m1/s1. The molecule has 1 aromatic carbocycles. The minimum Gasteiger partial charge on any atom is -0.353 e. The molecule has 0 aliphatic carbocycles. The Morgan fingerprint density at radius 3 is 2.73 bits per heavy atom. The third-order valence-corrected chi connectivity index (χ3v) is 4.76. The second kappa shape index (κ2) is 7.17. The summed E-state index contributed by atoms with van der Waals surface area (Å²) < 4.78 is 0. The Morgan fingerprint density at radius 1 is 1.19 bits per heavy atom. The topological polar surface area (TPSA) is 73.9 Å². The maximum Gasteiger partial charge on any atom is 0.251 e. The number of hydrogen-bond acceptors (Lipinski definition) is 4. The number of rotatable bonds is 4. The lowest BCUT2D eigenvalue weighted by atomic mass is 10.1. The van der Waals surface area contributed by atoms with Crippen molar-refractivity contribution >= 4 is 23.3 Å². The fourth-order valence-corrected chi connectivity index (χ4v) is 3.23. The minimum absolute atomic E-state index is 0.0665.